The molecule has 0 unspecified atom stereocenters. The van der Waals surface area contributed by atoms with Gasteiger partial charge in [-0.15, -0.1) is 0 Å². The SMILES string of the molecule is COc1ccc([C@@H]2C=C(O[Si](C)(C)C(C)(C)C)C[C@H]3C(=O)N(c4ccccc4)C(=O)[C@H]32)cc1OC. The van der Waals surface area contributed by atoms with Crippen molar-refractivity contribution in [2.24, 2.45) is 11.8 Å². The summed E-state index contributed by atoms with van der Waals surface area (Å²) in [5.74, 6) is 0.356. The van der Waals surface area contributed by atoms with Crippen molar-refractivity contribution in [3.05, 3.63) is 65.9 Å². The molecule has 3 atom stereocenters. The van der Waals surface area contributed by atoms with Gasteiger partial charge in [0.25, 0.3) is 0 Å². The van der Waals surface area contributed by atoms with Gasteiger partial charge in [-0.05, 0) is 54.0 Å². The molecular formula is C28H35NO5Si. The van der Waals surface area contributed by atoms with Gasteiger partial charge in [0.1, 0.15) is 0 Å². The lowest BCUT2D eigenvalue weighted by Crippen LogP contribution is -2.41. The molecule has 2 aromatic carbocycles. The third kappa shape index (κ3) is 4.49. The Hall–Kier alpha value is -3.06. The first-order valence-electron chi connectivity index (χ1n) is 12.0. The maximum atomic E-state index is 13.8. The third-order valence-corrected chi connectivity index (χ3v) is 12.0. The molecule has 2 aliphatic rings. The van der Waals surface area contributed by atoms with Gasteiger partial charge in [-0.2, -0.15) is 0 Å². The van der Waals surface area contributed by atoms with Gasteiger partial charge in [0, 0.05) is 12.3 Å². The predicted octanol–water partition coefficient (Wildman–Crippen LogP) is 5.90. The number of carbonyl (C=O) groups is 2. The molecular weight excluding hydrogens is 458 g/mol. The van der Waals surface area contributed by atoms with E-state index in [2.05, 4.69) is 39.9 Å². The number of nitrogens with zero attached hydrogens (tertiary/aromatic N) is 1. The van der Waals surface area contributed by atoms with Crippen LogP contribution in [0.15, 0.2) is 60.4 Å². The van der Waals surface area contributed by atoms with Gasteiger partial charge in [-0.1, -0.05) is 45.0 Å². The second-order valence-corrected chi connectivity index (χ2v) is 15.5. The van der Waals surface area contributed by atoms with Crippen molar-refractivity contribution in [2.45, 2.75) is 51.2 Å². The highest BCUT2D eigenvalue weighted by atomic mass is 28.4. The molecule has 4 rings (SSSR count). The number of anilines is 1. The summed E-state index contributed by atoms with van der Waals surface area (Å²) in [6.45, 7) is 11.0. The smallest absolute Gasteiger partial charge is 0.250 e. The summed E-state index contributed by atoms with van der Waals surface area (Å²) in [4.78, 5) is 28.8. The van der Waals surface area contributed by atoms with Crippen LogP contribution >= 0.6 is 0 Å². The molecule has 2 amide bonds. The van der Waals surface area contributed by atoms with Crippen LogP contribution < -0.4 is 14.4 Å². The Labute approximate surface area is 209 Å². The zero-order chi connectivity index (χ0) is 25.5. The predicted molar refractivity (Wildman–Crippen MR) is 139 cm³/mol. The van der Waals surface area contributed by atoms with Crippen LogP contribution in [0.2, 0.25) is 18.1 Å². The van der Waals surface area contributed by atoms with Crippen molar-refractivity contribution >= 4 is 25.8 Å². The average Bonchev–Trinajstić information content (AvgIpc) is 3.07. The minimum atomic E-state index is -2.14. The number of allylic oxidation sites excluding steroid dienone is 2. The largest absolute Gasteiger partial charge is 0.547 e. The highest BCUT2D eigenvalue weighted by Crippen LogP contribution is 2.49. The molecule has 0 spiro atoms. The molecule has 0 saturated carbocycles. The van der Waals surface area contributed by atoms with E-state index in [9.17, 15) is 9.59 Å². The van der Waals surface area contributed by atoms with Crippen LogP contribution in [0.5, 0.6) is 11.5 Å². The van der Waals surface area contributed by atoms with Crippen molar-refractivity contribution in [2.75, 3.05) is 19.1 Å². The van der Waals surface area contributed by atoms with E-state index >= 15 is 0 Å². The van der Waals surface area contributed by atoms with E-state index in [-0.39, 0.29) is 22.8 Å². The topological polar surface area (TPSA) is 65.1 Å². The Bertz CT molecular complexity index is 1150. The maximum absolute atomic E-state index is 13.8. The molecule has 1 saturated heterocycles. The van der Waals surface area contributed by atoms with Crippen molar-refractivity contribution in [3.63, 3.8) is 0 Å². The monoisotopic (exact) mass is 493 g/mol. The molecule has 1 aliphatic heterocycles. The van der Waals surface area contributed by atoms with Crippen LogP contribution in [0.1, 0.15) is 38.7 Å². The first-order valence-corrected chi connectivity index (χ1v) is 14.9. The molecule has 1 heterocycles. The lowest BCUT2D eigenvalue weighted by atomic mass is 9.73. The summed E-state index contributed by atoms with van der Waals surface area (Å²) >= 11 is 0. The van der Waals surface area contributed by atoms with Gasteiger partial charge < -0.3 is 13.9 Å². The molecule has 0 radical (unpaired) electrons. The number of methoxy groups -OCH3 is 2. The number of para-hydroxylation sites is 1. The van der Waals surface area contributed by atoms with Crippen LogP contribution in [0.4, 0.5) is 5.69 Å². The van der Waals surface area contributed by atoms with Crippen LogP contribution in [-0.4, -0.2) is 34.4 Å². The number of hydrogen-bond donors (Lipinski definition) is 0. The molecule has 35 heavy (non-hydrogen) atoms. The van der Waals surface area contributed by atoms with Crippen LogP contribution in [0.3, 0.4) is 0 Å². The van der Waals surface area contributed by atoms with Crippen LogP contribution in [-0.2, 0) is 14.0 Å². The molecule has 1 aliphatic carbocycles. The normalized spacial score (nSPS) is 22.5. The minimum Gasteiger partial charge on any atom is -0.547 e. The number of hydrogen-bond acceptors (Lipinski definition) is 5. The van der Waals surface area contributed by atoms with Crippen molar-refractivity contribution in [1.82, 2.24) is 0 Å². The second-order valence-electron chi connectivity index (χ2n) is 10.8. The number of benzene rings is 2. The van der Waals surface area contributed by atoms with E-state index in [1.165, 1.54) is 4.90 Å². The number of rotatable bonds is 6. The van der Waals surface area contributed by atoms with Gasteiger partial charge in [0.05, 0.1) is 37.5 Å². The molecule has 6 nitrogen and oxygen atoms in total. The number of imide groups is 1. The van der Waals surface area contributed by atoms with E-state index in [4.69, 9.17) is 13.9 Å². The fourth-order valence-electron chi connectivity index (χ4n) is 4.71. The van der Waals surface area contributed by atoms with Crippen molar-refractivity contribution < 1.29 is 23.5 Å². The molecule has 2 aromatic rings. The van der Waals surface area contributed by atoms with Gasteiger partial charge >= 0.3 is 0 Å². The molecule has 0 bridgehead atoms. The second kappa shape index (κ2) is 9.19. The molecule has 0 aromatic heterocycles. The number of amides is 2. The lowest BCUT2D eigenvalue weighted by molar-refractivity contribution is -0.122. The Morgan fingerprint density at radius 3 is 2.17 bits per heavy atom. The van der Waals surface area contributed by atoms with Gasteiger partial charge in [-0.3, -0.25) is 14.5 Å². The van der Waals surface area contributed by atoms with E-state index in [0.717, 1.165) is 11.3 Å². The fraction of sp³-hybridized carbons (Fsp3) is 0.429. The molecule has 7 heteroatoms. The first-order chi connectivity index (χ1) is 16.5. The number of fused-ring (bicyclic) bond motifs is 1. The number of carbonyl (C=O) groups excluding carboxylic acids is 2. The summed E-state index contributed by atoms with van der Waals surface area (Å²) < 4.78 is 17.6. The third-order valence-electron chi connectivity index (χ3n) is 7.65. The minimum absolute atomic E-state index is 0.00902. The quantitative estimate of drug-likeness (QED) is 0.370. The number of ether oxygens (including phenoxy) is 2. The average molecular weight is 494 g/mol. The zero-order valence-electron chi connectivity index (χ0n) is 21.6. The maximum Gasteiger partial charge on any atom is 0.250 e. The van der Waals surface area contributed by atoms with Gasteiger partial charge in [0.15, 0.2) is 11.5 Å². The fourth-order valence-corrected chi connectivity index (χ4v) is 5.82. The standard InChI is InChI=1S/C28H35NO5Si/c1-28(2,3)35(6,7)34-20-16-21(18-13-14-23(32-4)24(15-18)33-5)25-22(17-20)26(30)29(27(25)31)19-11-9-8-10-12-19/h8-16,21-22,25H,17H2,1-7H3/t21-,22+,25-/m0/s1. The van der Waals surface area contributed by atoms with E-state index in [1.54, 1.807) is 26.4 Å². The molecule has 0 N–H and O–H groups in total. The van der Waals surface area contributed by atoms with E-state index in [0.29, 0.717) is 23.6 Å². The Morgan fingerprint density at radius 2 is 1.57 bits per heavy atom. The van der Waals surface area contributed by atoms with Gasteiger partial charge in [0.2, 0.25) is 20.1 Å². The summed E-state index contributed by atoms with van der Waals surface area (Å²) in [7, 11) is 1.04. The molecule has 1 fully saturated rings. The van der Waals surface area contributed by atoms with Crippen molar-refractivity contribution in [3.8, 4) is 11.5 Å². The Kier molecular flexibility index (Phi) is 6.57. The molecule has 186 valence electrons. The zero-order valence-corrected chi connectivity index (χ0v) is 22.6. The summed E-state index contributed by atoms with van der Waals surface area (Å²) in [5, 5.41) is 0.00902. The summed E-state index contributed by atoms with van der Waals surface area (Å²) in [6.07, 6.45) is 2.48. The van der Waals surface area contributed by atoms with Gasteiger partial charge in [-0.25, -0.2) is 0 Å². The van der Waals surface area contributed by atoms with E-state index in [1.807, 2.05) is 36.4 Å². The van der Waals surface area contributed by atoms with Crippen molar-refractivity contribution in [1.29, 1.82) is 0 Å². The Balaban J connectivity index is 1.80. The van der Waals surface area contributed by atoms with E-state index < -0.39 is 20.2 Å². The highest BCUT2D eigenvalue weighted by molar-refractivity contribution is 6.74. The highest BCUT2D eigenvalue weighted by Gasteiger charge is 2.54. The Morgan fingerprint density at radius 1 is 0.914 bits per heavy atom. The first kappa shape index (κ1) is 25.0. The summed E-state index contributed by atoms with van der Waals surface area (Å²) in [5.41, 5.74) is 1.50. The summed E-state index contributed by atoms with van der Waals surface area (Å²) in [6, 6.07) is 14.9. The van der Waals surface area contributed by atoms with Crippen LogP contribution in [0.25, 0.3) is 0 Å². The lowest BCUT2D eigenvalue weighted by Gasteiger charge is -2.40. The van der Waals surface area contributed by atoms with Crippen LogP contribution in [0, 0.1) is 11.8 Å².